The first-order valence-electron chi connectivity index (χ1n) is 11.4. The fourth-order valence-corrected chi connectivity index (χ4v) is 5.14. The minimum absolute atomic E-state index is 0.0120. The quantitative estimate of drug-likeness (QED) is 0.799. The topological polar surface area (TPSA) is 61.1 Å². The van der Waals surface area contributed by atoms with Crippen LogP contribution in [0.4, 0.5) is 0 Å². The number of nitrogens with zero attached hydrogens (tertiary/aromatic N) is 1. The third-order valence-corrected chi connectivity index (χ3v) is 6.57. The molecule has 0 spiro atoms. The molecule has 5 atom stereocenters. The summed E-state index contributed by atoms with van der Waals surface area (Å²) in [5.41, 5.74) is -0.995. The van der Waals surface area contributed by atoms with E-state index in [0.717, 1.165) is 0 Å². The summed E-state index contributed by atoms with van der Waals surface area (Å²) in [7, 11) is 0. The van der Waals surface area contributed by atoms with Gasteiger partial charge in [0.2, 0.25) is 0 Å². The van der Waals surface area contributed by atoms with Gasteiger partial charge in [0.1, 0.15) is 0 Å². The maximum atomic E-state index is 12.3. The molecule has 0 amide bonds. The molecule has 4 aliphatic rings. The molecule has 1 N–H and O–H groups in total. The lowest BCUT2D eigenvalue weighted by Crippen LogP contribution is -2.49. The molecule has 3 heteroatoms. The van der Waals surface area contributed by atoms with Crippen LogP contribution in [-0.2, 0) is 4.79 Å². The number of carbonyl (C=O) groups is 1. The molecule has 0 bridgehead atoms. The van der Waals surface area contributed by atoms with Crippen LogP contribution in [0.5, 0.6) is 0 Å². The van der Waals surface area contributed by atoms with Gasteiger partial charge in [0.15, 0.2) is 5.78 Å². The molecule has 0 aromatic heterocycles. The Hall–Kier alpha value is -1.40. The SMILES string of the molecule is [2H]C1=C2C(=C3C([2H])C[C@@]4(C)[C@@H](CC[C@@]4(O)CC#N)[C@@H]3CC2([2H])[2H])CC([2H])([2H])C1=O. The Morgan fingerprint density at radius 1 is 1.48 bits per heavy atom. The number of nitriles is 1. The van der Waals surface area contributed by atoms with E-state index in [1.54, 1.807) is 0 Å². The molecule has 23 heavy (non-hydrogen) atoms. The second-order valence-corrected chi connectivity index (χ2v) is 7.44. The number of fused-ring (bicyclic) bond motifs is 4. The predicted molar refractivity (Wildman–Crippen MR) is 87.3 cm³/mol. The highest BCUT2D eigenvalue weighted by Crippen LogP contribution is 2.64. The fraction of sp³-hybridized carbons (Fsp3) is 0.700. The number of aliphatic hydroxyl groups is 1. The average Bonchev–Trinajstić information content (AvgIpc) is 2.82. The highest BCUT2D eigenvalue weighted by Gasteiger charge is 2.60. The predicted octanol–water partition coefficient (Wildman–Crippen LogP) is 3.84. The molecule has 1 unspecified atom stereocenters. The third kappa shape index (κ3) is 2.01. The van der Waals surface area contributed by atoms with Gasteiger partial charge in [0.25, 0.3) is 0 Å². The largest absolute Gasteiger partial charge is 0.388 e. The van der Waals surface area contributed by atoms with Crippen molar-refractivity contribution in [2.75, 3.05) is 0 Å². The normalized spacial score (nSPS) is 54.3. The zero-order valence-corrected chi connectivity index (χ0v) is 13.3. The minimum atomic E-state index is -2.28. The first kappa shape index (κ1) is 9.79. The Morgan fingerprint density at radius 2 is 2.30 bits per heavy atom. The number of carbonyl (C=O) groups excluding carboxylic acids is 1. The van der Waals surface area contributed by atoms with Crippen LogP contribution in [-0.4, -0.2) is 16.5 Å². The molecule has 122 valence electrons. The van der Waals surface area contributed by atoms with Crippen LogP contribution in [0, 0.1) is 28.6 Å². The summed E-state index contributed by atoms with van der Waals surface area (Å²) in [6.45, 7) is 1.89. The average molecular weight is 317 g/mol. The van der Waals surface area contributed by atoms with Crippen molar-refractivity contribution in [2.24, 2.45) is 17.3 Å². The van der Waals surface area contributed by atoms with Crippen molar-refractivity contribution in [1.82, 2.24) is 0 Å². The van der Waals surface area contributed by atoms with E-state index in [4.69, 9.17) is 8.22 Å². The Kier molecular flexibility index (Phi) is 2.15. The molecular formula is C20H25NO2. The molecular weight excluding hydrogens is 286 g/mol. The molecule has 0 aromatic rings. The van der Waals surface area contributed by atoms with Crippen molar-refractivity contribution in [3.8, 4) is 6.07 Å². The van der Waals surface area contributed by atoms with Gasteiger partial charge in [-0.1, -0.05) is 12.5 Å². The van der Waals surface area contributed by atoms with E-state index < -0.39 is 42.0 Å². The Balaban J connectivity index is 1.91. The first-order valence-corrected chi connectivity index (χ1v) is 8.30. The smallest absolute Gasteiger partial charge is 0.156 e. The number of hydrogen-bond donors (Lipinski definition) is 1. The van der Waals surface area contributed by atoms with Gasteiger partial charge in [0, 0.05) is 18.6 Å². The maximum absolute atomic E-state index is 12.3. The molecule has 0 radical (unpaired) electrons. The van der Waals surface area contributed by atoms with E-state index in [0.29, 0.717) is 30.4 Å². The highest BCUT2D eigenvalue weighted by molar-refractivity contribution is 5.93. The van der Waals surface area contributed by atoms with Crippen molar-refractivity contribution >= 4 is 5.78 Å². The number of rotatable bonds is 1. The summed E-state index contributed by atoms with van der Waals surface area (Å²) in [4.78, 5) is 12.3. The van der Waals surface area contributed by atoms with Gasteiger partial charge in [0.05, 0.1) is 19.5 Å². The van der Waals surface area contributed by atoms with Crippen molar-refractivity contribution in [1.29, 1.82) is 5.26 Å². The van der Waals surface area contributed by atoms with Crippen LogP contribution >= 0.6 is 0 Å². The summed E-state index contributed by atoms with van der Waals surface area (Å²) in [6.07, 6.45) is -4.04. The zero-order valence-electron chi connectivity index (χ0n) is 19.3. The Morgan fingerprint density at radius 3 is 3.09 bits per heavy atom. The summed E-state index contributed by atoms with van der Waals surface area (Å²) in [5.74, 6) is -1.49. The van der Waals surface area contributed by atoms with Crippen molar-refractivity contribution in [3.63, 3.8) is 0 Å². The van der Waals surface area contributed by atoms with E-state index in [9.17, 15) is 15.2 Å². The fourth-order valence-electron chi connectivity index (χ4n) is 5.14. The van der Waals surface area contributed by atoms with Crippen LogP contribution in [0.2, 0.25) is 0 Å². The van der Waals surface area contributed by atoms with E-state index >= 15 is 0 Å². The Bertz CT molecular complexity index is 903. The van der Waals surface area contributed by atoms with Crippen LogP contribution in [0.15, 0.2) is 22.8 Å². The second kappa shape index (κ2) is 5.05. The van der Waals surface area contributed by atoms with Gasteiger partial charge in [-0.2, -0.15) is 5.26 Å². The standard InChI is InChI=1S/C20H25NO2/c1-19-8-6-16-15-5-3-14(22)12-13(15)2-4-17(16)18(19)7-9-20(19,23)10-11-21/h12,17-18,23H,2-10H2,1H3/t17-,18+,19+,20-/m1/s1/i2D2,3D2,6D,12D/t6?,17-,18+,19+,20-. The van der Waals surface area contributed by atoms with E-state index in [1.165, 1.54) is 0 Å². The monoisotopic (exact) mass is 317 g/mol. The van der Waals surface area contributed by atoms with Gasteiger partial charge >= 0.3 is 0 Å². The van der Waals surface area contributed by atoms with E-state index in [1.807, 2.05) is 6.92 Å². The number of hydrogen-bond acceptors (Lipinski definition) is 3. The lowest BCUT2D eigenvalue weighted by Gasteiger charge is -2.51. The van der Waals surface area contributed by atoms with Gasteiger partial charge in [-0.15, -0.1) is 0 Å². The van der Waals surface area contributed by atoms with Crippen molar-refractivity contribution in [2.45, 2.75) is 70.2 Å². The summed E-state index contributed by atoms with van der Waals surface area (Å²) >= 11 is 0. The van der Waals surface area contributed by atoms with Crippen molar-refractivity contribution < 1.29 is 18.1 Å². The van der Waals surface area contributed by atoms with E-state index in [-0.39, 0.29) is 36.7 Å². The molecule has 4 aliphatic carbocycles. The molecule has 0 aliphatic heterocycles. The van der Waals surface area contributed by atoms with Gasteiger partial charge < -0.3 is 5.11 Å². The lowest BCUT2D eigenvalue weighted by atomic mass is 9.54. The molecule has 2 fully saturated rings. The van der Waals surface area contributed by atoms with Gasteiger partial charge in [-0.3, -0.25) is 4.79 Å². The van der Waals surface area contributed by atoms with E-state index in [2.05, 4.69) is 6.07 Å². The number of allylic oxidation sites excluding steroid dienone is 4. The zero-order chi connectivity index (χ0) is 21.6. The molecule has 2 saturated carbocycles. The van der Waals surface area contributed by atoms with Crippen molar-refractivity contribution in [3.05, 3.63) is 22.8 Å². The summed E-state index contributed by atoms with van der Waals surface area (Å²) in [6, 6.07) is 1.45. The third-order valence-electron chi connectivity index (χ3n) is 6.57. The molecule has 4 rings (SSSR count). The van der Waals surface area contributed by atoms with Gasteiger partial charge in [-0.25, -0.2) is 0 Å². The number of ketones is 1. The lowest BCUT2D eigenvalue weighted by molar-refractivity contribution is -0.114. The first-order chi connectivity index (χ1) is 13.3. The van der Waals surface area contributed by atoms with Crippen LogP contribution in [0.3, 0.4) is 0 Å². The summed E-state index contributed by atoms with van der Waals surface area (Å²) in [5, 5.41) is 20.4. The second-order valence-electron chi connectivity index (χ2n) is 7.44. The van der Waals surface area contributed by atoms with Gasteiger partial charge in [-0.05, 0) is 73.9 Å². The van der Waals surface area contributed by atoms with Crippen LogP contribution in [0.25, 0.3) is 0 Å². The maximum Gasteiger partial charge on any atom is 0.156 e. The molecule has 0 heterocycles. The van der Waals surface area contributed by atoms with Crippen LogP contribution in [0.1, 0.15) is 72.8 Å². The highest BCUT2D eigenvalue weighted by atomic mass is 16.3. The van der Waals surface area contributed by atoms with Crippen LogP contribution < -0.4 is 0 Å². The molecule has 0 aromatic carbocycles. The molecule has 3 nitrogen and oxygen atoms in total. The summed E-state index contributed by atoms with van der Waals surface area (Å²) < 4.78 is 50.3. The minimum Gasteiger partial charge on any atom is -0.388 e. The molecule has 0 saturated heterocycles. The Labute approximate surface area is 146 Å².